The smallest absolute Gasteiger partial charge is 0.245 e. The molecule has 1 atom stereocenters. The number of nitrogens with one attached hydrogen (secondary N) is 1. The van der Waals surface area contributed by atoms with Gasteiger partial charge in [-0.3, -0.25) is 4.79 Å². The number of amides is 1. The third kappa shape index (κ3) is 8.27. The van der Waals surface area contributed by atoms with Crippen LogP contribution in [0.2, 0.25) is 0 Å². The van der Waals surface area contributed by atoms with Crippen LogP contribution in [0.3, 0.4) is 0 Å². The molecule has 2 aromatic heterocycles. The molecule has 0 aliphatic rings. The molecular weight excluding hydrogens is 536 g/mol. The van der Waals surface area contributed by atoms with E-state index in [-0.39, 0.29) is 10.8 Å². The molecule has 0 saturated carbocycles. The van der Waals surface area contributed by atoms with Crippen molar-refractivity contribution in [2.75, 3.05) is 26.4 Å². The Morgan fingerprint density at radius 1 is 1.08 bits per heavy atom. The van der Waals surface area contributed by atoms with Gasteiger partial charge in [-0.1, -0.05) is 47.7 Å². The van der Waals surface area contributed by atoms with Gasteiger partial charge >= 0.3 is 0 Å². The second-order valence-corrected chi connectivity index (χ2v) is 12.0. The predicted octanol–water partition coefficient (Wildman–Crippen LogP) is 3.08. The minimum Gasteiger partial charge on any atom is -0.464 e. The van der Waals surface area contributed by atoms with E-state index in [0.29, 0.717) is 24.2 Å². The normalized spacial score (nSPS) is 12.5. The van der Waals surface area contributed by atoms with Crippen LogP contribution in [0.4, 0.5) is 0 Å². The van der Waals surface area contributed by atoms with Gasteiger partial charge in [-0.15, -0.1) is 5.10 Å². The minimum absolute atomic E-state index is 0.0129. The molecule has 2 heterocycles. The van der Waals surface area contributed by atoms with Gasteiger partial charge in [-0.25, -0.2) is 18.2 Å². The van der Waals surface area contributed by atoms with Crippen LogP contribution in [0, 0.1) is 0 Å². The number of sulfonamides is 1. The van der Waals surface area contributed by atoms with Crippen LogP contribution in [0.5, 0.6) is 0 Å². The van der Waals surface area contributed by atoms with Gasteiger partial charge in [0.1, 0.15) is 23.3 Å². The maximum absolute atomic E-state index is 13.3. The summed E-state index contributed by atoms with van der Waals surface area (Å²) in [5, 5.41) is 16.7. The molecule has 1 amide bonds. The van der Waals surface area contributed by atoms with Crippen molar-refractivity contribution in [3.8, 4) is 11.3 Å². The number of nitrogens with zero attached hydrogens (tertiary/aromatic N) is 4. The van der Waals surface area contributed by atoms with E-state index in [2.05, 4.69) is 20.5 Å². The summed E-state index contributed by atoms with van der Waals surface area (Å²) in [4.78, 5) is 15.3. The third-order valence-corrected chi connectivity index (χ3v) is 7.77. The van der Waals surface area contributed by atoms with Crippen LogP contribution in [0.15, 0.2) is 82.2 Å². The Hall–Kier alpha value is -3.45. The Kier molecular flexibility index (Phi) is 9.57. The van der Waals surface area contributed by atoms with Crippen LogP contribution in [-0.2, 0) is 33.5 Å². The number of hydrogen-bond acceptors (Lipinski definition) is 8. The number of rotatable bonds is 13. The van der Waals surface area contributed by atoms with Gasteiger partial charge in [0.05, 0.1) is 23.4 Å². The SMILES string of the molecule is CN(C)Cc1ccc(CSCCNC(=O)C(Cc2ccccc2)n2cc(-c3ccc(S(N)(=O)=O)cc3)nn2)o1. The van der Waals surface area contributed by atoms with Crippen molar-refractivity contribution in [3.63, 3.8) is 0 Å². The van der Waals surface area contributed by atoms with Gasteiger partial charge in [0.15, 0.2) is 0 Å². The molecule has 3 N–H and O–H groups in total. The molecule has 0 aliphatic heterocycles. The Labute approximate surface area is 232 Å². The molecule has 2 aromatic carbocycles. The molecule has 10 nitrogen and oxygen atoms in total. The van der Waals surface area contributed by atoms with Crippen molar-refractivity contribution in [1.82, 2.24) is 25.2 Å². The van der Waals surface area contributed by atoms with Crippen molar-refractivity contribution < 1.29 is 17.6 Å². The number of carbonyl (C=O) groups excluding carboxylic acids is 1. The summed E-state index contributed by atoms with van der Waals surface area (Å²) in [6.07, 6.45) is 2.13. The summed E-state index contributed by atoms with van der Waals surface area (Å²) in [5.74, 6) is 3.14. The number of primary sulfonamides is 1. The average Bonchev–Trinajstić information content (AvgIpc) is 3.57. The lowest BCUT2D eigenvalue weighted by molar-refractivity contribution is -0.124. The lowest BCUT2D eigenvalue weighted by Gasteiger charge is -2.17. The molecule has 4 aromatic rings. The van der Waals surface area contributed by atoms with Crippen molar-refractivity contribution in [2.45, 2.75) is 29.7 Å². The molecule has 12 heteroatoms. The van der Waals surface area contributed by atoms with Gasteiger partial charge in [0.25, 0.3) is 0 Å². The molecule has 0 spiro atoms. The van der Waals surface area contributed by atoms with E-state index >= 15 is 0 Å². The van der Waals surface area contributed by atoms with Gasteiger partial charge in [-0.2, -0.15) is 11.8 Å². The largest absolute Gasteiger partial charge is 0.464 e. The fourth-order valence-electron chi connectivity index (χ4n) is 3.95. The van der Waals surface area contributed by atoms with Crippen molar-refractivity contribution >= 4 is 27.7 Å². The van der Waals surface area contributed by atoms with Gasteiger partial charge in [0, 0.05) is 24.3 Å². The molecule has 0 fully saturated rings. The summed E-state index contributed by atoms with van der Waals surface area (Å²) in [6.45, 7) is 1.26. The maximum atomic E-state index is 13.3. The third-order valence-electron chi connectivity index (χ3n) is 5.86. The molecule has 0 aliphatic carbocycles. The standard InChI is InChI=1S/C27H32N6O4S2/c1-32(2)17-22-10-11-23(37-22)19-38-15-14-29-27(34)26(16-20-6-4-3-5-7-20)33-18-25(30-31-33)21-8-12-24(13-9-21)39(28,35)36/h3-13,18,26H,14-17,19H2,1-2H3,(H,29,34)(H2,28,35,36). The quantitative estimate of drug-likeness (QED) is 0.235. The maximum Gasteiger partial charge on any atom is 0.245 e. The highest BCUT2D eigenvalue weighted by atomic mass is 32.2. The molecule has 39 heavy (non-hydrogen) atoms. The topological polar surface area (TPSA) is 136 Å². The lowest BCUT2D eigenvalue weighted by Crippen LogP contribution is -2.35. The Morgan fingerprint density at radius 3 is 2.49 bits per heavy atom. The van der Waals surface area contributed by atoms with E-state index in [1.807, 2.05) is 56.6 Å². The predicted molar refractivity (Wildman–Crippen MR) is 151 cm³/mol. The van der Waals surface area contributed by atoms with Gasteiger partial charge in [0.2, 0.25) is 15.9 Å². The number of furan rings is 1. The van der Waals surface area contributed by atoms with E-state index in [4.69, 9.17) is 9.56 Å². The molecule has 0 saturated heterocycles. The highest BCUT2D eigenvalue weighted by Gasteiger charge is 2.23. The summed E-state index contributed by atoms with van der Waals surface area (Å²) >= 11 is 1.69. The molecular formula is C27H32N6O4S2. The zero-order valence-corrected chi connectivity index (χ0v) is 23.5. The highest BCUT2D eigenvalue weighted by Crippen LogP contribution is 2.22. The van der Waals surface area contributed by atoms with Crippen LogP contribution in [0.25, 0.3) is 11.3 Å². The number of benzene rings is 2. The van der Waals surface area contributed by atoms with Crippen LogP contribution >= 0.6 is 11.8 Å². The first kappa shape index (κ1) is 28.6. The average molecular weight is 569 g/mol. The van der Waals surface area contributed by atoms with Crippen molar-refractivity contribution in [2.24, 2.45) is 5.14 Å². The molecule has 0 bridgehead atoms. The zero-order valence-electron chi connectivity index (χ0n) is 21.9. The second kappa shape index (κ2) is 13.1. The van der Waals surface area contributed by atoms with E-state index < -0.39 is 16.1 Å². The van der Waals surface area contributed by atoms with Crippen LogP contribution in [-0.4, -0.2) is 60.6 Å². The highest BCUT2D eigenvalue weighted by molar-refractivity contribution is 7.98. The van der Waals surface area contributed by atoms with Gasteiger partial charge in [-0.05, 0) is 43.9 Å². The Balaban J connectivity index is 1.38. The van der Waals surface area contributed by atoms with Crippen LogP contribution in [0.1, 0.15) is 23.1 Å². The molecule has 4 rings (SSSR count). The van der Waals surface area contributed by atoms with Crippen molar-refractivity contribution in [3.05, 3.63) is 90.0 Å². The number of carbonyl (C=O) groups is 1. The molecule has 0 radical (unpaired) electrons. The van der Waals surface area contributed by atoms with Crippen molar-refractivity contribution in [1.29, 1.82) is 0 Å². The minimum atomic E-state index is -3.79. The molecule has 206 valence electrons. The van der Waals surface area contributed by atoms with E-state index in [0.717, 1.165) is 35.1 Å². The van der Waals surface area contributed by atoms with Crippen LogP contribution < -0.4 is 10.5 Å². The first-order chi connectivity index (χ1) is 18.7. The summed E-state index contributed by atoms with van der Waals surface area (Å²) in [6, 6.07) is 19.2. The van der Waals surface area contributed by atoms with Gasteiger partial charge < -0.3 is 14.6 Å². The fourth-order valence-corrected chi connectivity index (χ4v) is 5.22. The summed E-state index contributed by atoms with van der Waals surface area (Å²) < 4.78 is 30.5. The number of aromatic nitrogens is 3. The summed E-state index contributed by atoms with van der Waals surface area (Å²) in [5.41, 5.74) is 2.17. The second-order valence-electron chi connectivity index (χ2n) is 9.31. The van der Waals surface area contributed by atoms with E-state index in [1.165, 1.54) is 12.1 Å². The number of thioether (sulfide) groups is 1. The first-order valence-corrected chi connectivity index (χ1v) is 15.1. The first-order valence-electron chi connectivity index (χ1n) is 12.4. The molecule has 1 unspecified atom stereocenters. The zero-order chi connectivity index (χ0) is 27.8. The van der Waals surface area contributed by atoms with E-state index in [9.17, 15) is 13.2 Å². The monoisotopic (exact) mass is 568 g/mol. The number of hydrogen-bond donors (Lipinski definition) is 2. The fraction of sp³-hybridized carbons (Fsp3) is 0.296. The number of nitrogens with two attached hydrogens (primary N) is 1. The Bertz CT molecular complexity index is 1470. The Morgan fingerprint density at radius 2 is 1.79 bits per heavy atom. The lowest BCUT2D eigenvalue weighted by atomic mass is 10.1. The summed E-state index contributed by atoms with van der Waals surface area (Å²) in [7, 11) is 0.206. The van der Waals surface area contributed by atoms with E-state index in [1.54, 1.807) is 34.8 Å².